The van der Waals surface area contributed by atoms with Crippen LogP contribution in [0.2, 0.25) is 5.02 Å². The van der Waals surface area contributed by atoms with Crippen LogP contribution in [0.5, 0.6) is 0 Å². The summed E-state index contributed by atoms with van der Waals surface area (Å²) in [7, 11) is 1.50. The lowest BCUT2D eigenvalue weighted by atomic mass is 9.89. The highest BCUT2D eigenvalue weighted by Crippen LogP contribution is 2.24. The molecule has 0 saturated carbocycles. The molecule has 0 saturated heterocycles. The molecule has 1 aliphatic carbocycles. The number of nitrogens with zero attached hydrogens (tertiary/aromatic N) is 1. The lowest BCUT2D eigenvalue weighted by Gasteiger charge is -2.26. The molecule has 2 N–H and O–H groups in total. The molecule has 31 heavy (non-hydrogen) atoms. The number of rotatable bonds is 7. The van der Waals surface area contributed by atoms with Gasteiger partial charge in [-0.2, -0.15) is 0 Å². The number of carbonyl (C=O) groups is 1. The Labute approximate surface area is 183 Å². The molecule has 1 aromatic heterocycles. The SMILES string of the molecule is COC1C=c2c(c(=O)c(C(=O)O)cn2C(O)CC(C)C)=CC1Cc1cccc(Cl)c1F. The van der Waals surface area contributed by atoms with Gasteiger partial charge in [0.15, 0.2) is 0 Å². The molecule has 1 heterocycles. The van der Waals surface area contributed by atoms with E-state index in [0.717, 1.165) is 0 Å². The average molecular weight is 450 g/mol. The van der Waals surface area contributed by atoms with Crippen LogP contribution in [-0.2, 0) is 11.2 Å². The first-order valence-electron chi connectivity index (χ1n) is 10.00. The third-order valence-corrected chi connectivity index (χ3v) is 5.72. The van der Waals surface area contributed by atoms with Gasteiger partial charge in [-0.3, -0.25) is 4.79 Å². The molecule has 0 aliphatic heterocycles. The van der Waals surface area contributed by atoms with Crippen LogP contribution in [0.4, 0.5) is 4.39 Å². The lowest BCUT2D eigenvalue weighted by Crippen LogP contribution is -2.52. The molecule has 1 aliphatic rings. The number of aliphatic hydroxyl groups is 1. The maximum atomic E-state index is 14.5. The predicted molar refractivity (Wildman–Crippen MR) is 116 cm³/mol. The third-order valence-electron chi connectivity index (χ3n) is 5.43. The van der Waals surface area contributed by atoms with Gasteiger partial charge in [-0.05, 0) is 36.5 Å². The lowest BCUT2D eigenvalue weighted by molar-refractivity contribution is 0.0675. The molecule has 1 aromatic carbocycles. The molecule has 3 atom stereocenters. The first-order valence-corrected chi connectivity index (χ1v) is 10.4. The minimum Gasteiger partial charge on any atom is -0.477 e. The Kier molecular flexibility index (Phi) is 6.99. The van der Waals surface area contributed by atoms with Gasteiger partial charge in [0.05, 0.1) is 16.5 Å². The van der Waals surface area contributed by atoms with Gasteiger partial charge in [-0.15, -0.1) is 0 Å². The van der Waals surface area contributed by atoms with Gasteiger partial charge in [-0.1, -0.05) is 43.7 Å². The Morgan fingerprint density at radius 2 is 2.03 bits per heavy atom. The van der Waals surface area contributed by atoms with Gasteiger partial charge in [0.2, 0.25) is 5.43 Å². The fourth-order valence-corrected chi connectivity index (χ4v) is 4.10. The summed E-state index contributed by atoms with van der Waals surface area (Å²) in [6.45, 7) is 3.86. The van der Waals surface area contributed by atoms with E-state index in [1.165, 1.54) is 23.9 Å². The predicted octanol–water partition coefficient (Wildman–Crippen LogP) is 2.32. The van der Waals surface area contributed by atoms with Crippen LogP contribution < -0.4 is 16.0 Å². The highest BCUT2D eigenvalue weighted by molar-refractivity contribution is 6.30. The molecule has 166 valence electrons. The summed E-state index contributed by atoms with van der Waals surface area (Å²) in [4.78, 5) is 24.6. The summed E-state index contributed by atoms with van der Waals surface area (Å²) in [5.74, 6) is -2.21. The van der Waals surface area contributed by atoms with Crippen molar-refractivity contribution in [3.63, 3.8) is 0 Å². The Bertz CT molecular complexity index is 1170. The van der Waals surface area contributed by atoms with E-state index >= 15 is 0 Å². The Hall–Kier alpha value is -2.48. The van der Waals surface area contributed by atoms with Crippen LogP contribution in [0.15, 0.2) is 29.2 Å². The number of aromatic carboxylic acids is 1. The molecule has 3 rings (SSSR count). The number of hydrogen-bond acceptors (Lipinski definition) is 4. The van der Waals surface area contributed by atoms with Crippen molar-refractivity contribution < 1.29 is 24.1 Å². The van der Waals surface area contributed by atoms with Crippen molar-refractivity contribution in [3.05, 3.63) is 67.2 Å². The first-order chi connectivity index (χ1) is 14.6. The molecule has 0 bridgehead atoms. The number of pyridine rings is 1. The number of hydrogen-bond donors (Lipinski definition) is 2. The molecule has 2 aromatic rings. The van der Waals surface area contributed by atoms with Gasteiger partial charge in [0, 0.05) is 24.4 Å². The Morgan fingerprint density at radius 3 is 2.65 bits per heavy atom. The number of carboxylic acids is 1. The van der Waals surface area contributed by atoms with Crippen LogP contribution in [0.3, 0.4) is 0 Å². The normalized spacial score (nSPS) is 18.8. The van der Waals surface area contributed by atoms with Crippen molar-refractivity contribution >= 4 is 29.7 Å². The van der Waals surface area contributed by atoms with Gasteiger partial charge in [-0.25, -0.2) is 9.18 Å². The maximum Gasteiger partial charge on any atom is 0.341 e. The van der Waals surface area contributed by atoms with E-state index in [9.17, 15) is 24.2 Å². The molecule has 3 unspecified atom stereocenters. The number of halogens is 2. The average Bonchev–Trinajstić information content (AvgIpc) is 2.70. The van der Waals surface area contributed by atoms with Gasteiger partial charge in [0.1, 0.15) is 17.6 Å². The number of ether oxygens (including phenoxy) is 1. The minimum absolute atomic E-state index is 0.000942. The molecule has 0 spiro atoms. The van der Waals surface area contributed by atoms with Gasteiger partial charge >= 0.3 is 5.97 Å². The number of aromatic nitrogens is 1. The van der Waals surface area contributed by atoms with Crippen LogP contribution >= 0.6 is 11.6 Å². The highest BCUT2D eigenvalue weighted by atomic mass is 35.5. The summed E-state index contributed by atoms with van der Waals surface area (Å²) in [6, 6.07) is 4.70. The summed E-state index contributed by atoms with van der Waals surface area (Å²) < 4.78 is 21.4. The third kappa shape index (κ3) is 4.74. The van der Waals surface area contributed by atoms with Gasteiger partial charge < -0.3 is 19.5 Å². The zero-order valence-corrected chi connectivity index (χ0v) is 18.3. The summed E-state index contributed by atoms with van der Waals surface area (Å²) >= 11 is 5.89. The van der Waals surface area contributed by atoms with Crippen molar-refractivity contribution in [2.45, 2.75) is 39.0 Å². The van der Waals surface area contributed by atoms with Crippen LogP contribution in [-0.4, -0.2) is 34.0 Å². The molecule has 8 heteroatoms. The van der Waals surface area contributed by atoms with E-state index in [1.54, 1.807) is 24.3 Å². The minimum atomic E-state index is -1.38. The van der Waals surface area contributed by atoms with Crippen molar-refractivity contribution in [1.29, 1.82) is 0 Å². The smallest absolute Gasteiger partial charge is 0.341 e. The fourth-order valence-electron chi connectivity index (χ4n) is 3.90. The van der Waals surface area contributed by atoms with Gasteiger partial charge in [0.25, 0.3) is 0 Å². The van der Waals surface area contributed by atoms with Crippen molar-refractivity contribution in [2.75, 3.05) is 7.11 Å². The van der Waals surface area contributed by atoms with Crippen LogP contribution in [0.25, 0.3) is 12.2 Å². The molecule has 6 nitrogen and oxygen atoms in total. The summed E-state index contributed by atoms with van der Waals surface area (Å²) in [6.07, 6.45) is 3.50. The van der Waals surface area contributed by atoms with E-state index in [1.807, 2.05) is 13.8 Å². The van der Waals surface area contributed by atoms with Crippen molar-refractivity contribution in [1.82, 2.24) is 4.57 Å². The zero-order chi connectivity index (χ0) is 22.9. The zero-order valence-electron chi connectivity index (χ0n) is 17.5. The van der Waals surface area contributed by atoms with E-state index in [-0.39, 0.29) is 22.6 Å². The van der Waals surface area contributed by atoms with Crippen molar-refractivity contribution in [2.24, 2.45) is 11.8 Å². The Balaban J connectivity index is 2.21. The fraction of sp³-hybridized carbons (Fsp3) is 0.391. The van der Waals surface area contributed by atoms with E-state index in [4.69, 9.17) is 16.3 Å². The topological polar surface area (TPSA) is 88.8 Å². The first kappa shape index (κ1) is 23.2. The number of fused-ring (bicyclic) bond motifs is 1. The van der Waals surface area contributed by atoms with Crippen LogP contribution in [0.1, 0.15) is 42.4 Å². The molecule has 0 amide bonds. The molecule has 0 fully saturated rings. The second-order valence-electron chi connectivity index (χ2n) is 8.11. The number of methoxy groups -OCH3 is 1. The quantitative estimate of drug-likeness (QED) is 0.677. The number of carboxylic acid groups (broad SMARTS) is 1. The largest absolute Gasteiger partial charge is 0.477 e. The molecular formula is C23H25ClFNO5. The second-order valence-corrected chi connectivity index (χ2v) is 8.52. The molecular weight excluding hydrogens is 425 g/mol. The van der Waals surface area contributed by atoms with E-state index < -0.39 is 41.0 Å². The van der Waals surface area contributed by atoms with Crippen LogP contribution in [0, 0.1) is 17.7 Å². The second kappa shape index (κ2) is 9.34. The summed E-state index contributed by atoms with van der Waals surface area (Å²) in [5, 5.41) is 20.8. The number of benzene rings is 1. The Morgan fingerprint density at radius 1 is 1.32 bits per heavy atom. The standard InChI is InChI=1S/C23H25ClFNO5/c1-12(2)7-20(27)26-11-16(23(29)30)22(28)15-9-14(19(31-3)10-18(15)26)8-13-5-4-6-17(24)21(13)25/h4-6,9-12,14,19-20,27H,7-8H2,1-3H3,(H,29,30). The van der Waals surface area contributed by atoms with E-state index in [0.29, 0.717) is 17.3 Å². The van der Waals surface area contributed by atoms with Crippen molar-refractivity contribution in [3.8, 4) is 0 Å². The monoisotopic (exact) mass is 449 g/mol. The maximum absolute atomic E-state index is 14.5. The molecule has 0 radical (unpaired) electrons. The summed E-state index contributed by atoms with van der Waals surface area (Å²) in [5.41, 5.74) is -0.727. The highest BCUT2D eigenvalue weighted by Gasteiger charge is 2.26. The van der Waals surface area contributed by atoms with E-state index in [2.05, 4.69) is 0 Å². The number of aliphatic hydroxyl groups excluding tert-OH is 1.